The highest BCUT2D eigenvalue weighted by atomic mass is 28.3. The summed E-state index contributed by atoms with van der Waals surface area (Å²) in [7, 11) is -1.22. The fraction of sp³-hybridized carbons (Fsp3) is 0.714. The molecule has 0 saturated carbocycles. The molecule has 2 heteroatoms. The van der Waals surface area contributed by atoms with Crippen molar-refractivity contribution in [1.82, 2.24) is 0 Å². The summed E-state index contributed by atoms with van der Waals surface area (Å²) in [5, 5.41) is 8.37. The monoisotopic (exact) mass is 142 g/mol. The van der Waals surface area contributed by atoms with Gasteiger partial charge in [-0.3, -0.25) is 0 Å². The second kappa shape index (κ2) is 3.70. The summed E-state index contributed by atoms with van der Waals surface area (Å²) in [6, 6.07) is 1.17. The lowest BCUT2D eigenvalue weighted by atomic mass is 10.8. The van der Waals surface area contributed by atoms with E-state index in [9.17, 15) is 0 Å². The largest absolute Gasteiger partial charge is 0.384 e. The third-order valence-corrected chi connectivity index (χ3v) is 4.01. The second-order valence-corrected chi connectivity index (χ2v) is 7.42. The smallest absolute Gasteiger partial charge is 0.132 e. The first kappa shape index (κ1) is 8.74. The zero-order valence-electron chi connectivity index (χ0n) is 6.36. The molecule has 52 valence electrons. The number of hydrogen-bond donors (Lipinski definition) is 1. The van der Waals surface area contributed by atoms with E-state index in [0.29, 0.717) is 0 Å². The maximum Gasteiger partial charge on any atom is 0.132 e. The van der Waals surface area contributed by atoms with Gasteiger partial charge in [0.1, 0.15) is 14.7 Å². The Kier molecular flexibility index (Phi) is 3.60. The quantitative estimate of drug-likeness (QED) is 0.431. The highest BCUT2D eigenvalue weighted by molar-refractivity contribution is 6.85. The molecule has 0 bridgehead atoms. The molecule has 1 nitrogen and oxygen atoms in total. The summed E-state index contributed by atoms with van der Waals surface area (Å²) in [6.07, 6.45) is 0. The molecule has 0 heterocycles. The van der Waals surface area contributed by atoms with Crippen LogP contribution in [-0.2, 0) is 0 Å². The molecule has 0 atom stereocenters. The Bertz CT molecular complexity index is 130. The normalized spacial score (nSPS) is 10.2. The van der Waals surface area contributed by atoms with Crippen LogP contribution in [0.5, 0.6) is 0 Å². The van der Waals surface area contributed by atoms with Gasteiger partial charge in [-0.05, 0) is 6.04 Å². The van der Waals surface area contributed by atoms with Crippen LogP contribution in [0.15, 0.2) is 0 Å². The molecule has 0 aromatic carbocycles. The van der Waals surface area contributed by atoms with Crippen molar-refractivity contribution in [2.24, 2.45) is 0 Å². The Labute approximate surface area is 58.1 Å². The van der Waals surface area contributed by atoms with Crippen molar-refractivity contribution >= 4 is 8.07 Å². The third-order valence-electron chi connectivity index (χ3n) is 1.39. The summed E-state index contributed by atoms with van der Waals surface area (Å²) in [5.41, 5.74) is 3.10. The van der Waals surface area contributed by atoms with E-state index in [1.165, 1.54) is 6.04 Å². The van der Waals surface area contributed by atoms with Crippen LogP contribution in [0.25, 0.3) is 0 Å². The van der Waals surface area contributed by atoms with Crippen LogP contribution in [0.4, 0.5) is 0 Å². The summed E-state index contributed by atoms with van der Waals surface area (Å²) >= 11 is 0. The number of aliphatic hydroxyl groups is 1. The fourth-order valence-electron chi connectivity index (χ4n) is 0.367. The van der Waals surface area contributed by atoms with Gasteiger partial charge in [-0.1, -0.05) is 25.9 Å². The van der Waals surface area contributed by atoms with Gasteiger partial charge in [0.25, 0.3) is 0 Å². The minimum Gasteiger partial charge on any atom is -0.384 e. The molecular weight excluding hydrogens is 128 g/mol. The molecule has 0 rings (SSSR count). The minimum absolute atomic E-state index is 0.0103. The summed E-state index contributed by atoms with van der Waals surface area (Å²) in [6.45, 7) is 6.57. The van der Waals surface area contributed by atoms with Gasteiger partial charge in [0, 0.05) is 0 Å². The van der Waals surface area contributed by atoms with Crippen LogP contribution in [0.2, 0.25) is 19.1 Å². The fourth-order valence-corrected chi connectivity index (χ4v) is 1.10. The molecule has 1 N–H and O–H groups in total. The van der Waals surface area contributed by atoms with E-state index in [-0.39, 0.29) is 6.61 Å². The van der Waals surface area contributed by atoms with Crippen molar-refractivity contribution in [3.8, 4) is 11.5 Å². The van der Waals surface area contributed by atoms with Crippen LogP contribution in [-0.4, -0.2) is 19.8 Å². The van der Waals surface area contributed by atoms with Crippen LogP contribution < -0.4 is 0 Å². The molecule has 0 fully saturated rings. The molecule has 9 heavy (non-hydrogen) atoms. The van der Waals surface area contributed by atoms with Gasteiger partial charge < -0.3 is 5.11 Å². The van der Waals surface area contributed by atoms with E-state index < -0.39 is 8.07 Å². The molecule has 0 radical (unpaired) electrons. The predicted octanol–water partition coefficient (Wildman–Crippen LogP) is 1.25. The Balaban J connectivity index is 3.84. The molecule has 0 amide bonds. The molecule has 0 aliphatic carbocycles. The van der Waals surface area contributed by atoms with Crippen LogP contribution in [0.1, 0.15) is 6.92 Å². The zero-order valence-corrected chi connectivity index (χ0v) is 7.36. The minimum atomic E-state index is -1.22. The van der Waals surface area contributed by atoms with Gasteiger partial charge in [-0.15, -0.1) is 5.54 Å². The van der Waals surface area contributed by atoms with Gasteiger partial charge in [0.05, 0.1) is 0 Å². The molecule has 0 aliphatic rings. The van der Waals surface area contributed by atoms with Gasteiger partial charge in [-0.2, -0.15) is 0 Å². The third kappa shape index (κ3) is 4.25. The summed E-state index contributed by atoms with van der Waals surface area (Å²) in [4.78, 5) is 0. The highest BCUT2D eigenvalue weighted by Crippen LogP contribution is 2.04. The number of rotatable bonds is 1. The first-order chi connectivity index (χ1) is 4.12. The average molecular weight is 142 g/mol. The van der Waals surface area contributed by atoms with Gasteiger partial charge in [-0.25, -0.2) is 0 Å². The molecule has 0 unspecified atom stereocenters. The molecule has 0 saturated heterocycles. The van der Waals surface area contributed by atoms with Gasteiger partial charge in [0.15, 0.2) is 0 Å². The summed E-state index contributed by atoms with van der Waals surface area (Å²) < 4.78 is 0. The molecule has 0 aromatic rings. The van der Waals surface area contributed by atoms with Crippen LogP contribution in [0.3, 0.4) is 0 Å². The number of aliphatic hydroxyl groups excluding tert-OH is 1. The van der Waals surface area contributed by atoms with E-state index in [0.717, 1.165) is 0 Å². The lowest BCUT2D eigenvalue weighted by molar-refractivity contribution is 0.350. The SMILES string of the molecule is CC[Si](C)(C)C#CCO. The lowest BCUT2D eigenvalue weighted by Crippen LogP contribution is -2.21. The molecule has 0 aromatic heterocycles. The lowest BCUT2D eigenvalue weighted by Gasteiger charge is -2.08. The van der Waals surface area contributed by atoms with Crippen molar-refractivity contribution in [2.45, 2.75) is 26.1 Å². The van der Waals surface area contributed by atoms with E-state index in [1.807, 2.05) is 0 Å². The topological polar surface area (TPSA) is 20.2 Å². The summed E-state index contributed by atoms with van der Waals surface area (Å²) in [5.74, 6) is 2.71. The average Bonchev–Trinajstić information content (AvgIpc) is 1.84. The van der Waals surface area contributed by atoms with Crippen LogP contribution in [0, 0.1) is 11.5 Å². The Morgan fingerprint density at radius 2 is 2.00 bits per heavy atom. The van der Waals surface area contributed by atoms with Crippen molar-refractivity contribution in [3.05, 3.63) is 0 Å². The molecule has 0 spiro atoms. The van der Waals surface area contributed by atoms with Crippen molar-refractivity contribution in [3.63, 3.8) is 0 Å². The Morgan fingerprint density at radius 1 is 1.44 bits per heavy atom. The van der Waals surface area contributed by atoms with E-state index in [1.54, 1.807) is 0 Å². The van der Waals surface area contributed by atoms with E-state index >= 15 is 0 Å². The highest BCUT2D eigenvalue weighted by Gasteiger charge is 2.13. The number of hydrogen-bond acceptors (Lipinski definition) is 1. The Hall–Kier alpha value is -0.263. The van der Waals surface area contributed by atoms with Crippen molar-refractivity contribution < 1.29 is 5.11 Å². The van der Waals surface area contributed by atoms with Crippen LogP contribution >= 0.6 is 0 Å². The molecular formula is C7H14OSi. The predicted molar refractivity (Wildman–Crippen MR) is 42.8 cm³/mol. The van der Waals surface area contributed by atoms with Crippen molar-refractivity contribution in [2.75, 3.05) is 6.61 Å². The van der Waals surface area contributed by atoms with E-state index in [4.69, 9.17) is 5.11 Å². The van der Waals surface area contributed by atoms with Gasteiger partial charge >= 0.3 is 0 Å². The standard InChI is InChI=1S/C7H14OSi/c1-4-9(2,3)7-5-6-8/h8H,4,6H2,1-3H3. The second-order valence-electron chi connectivity index (χ2n) is 2.70. The van der Waals surface area contributed by atoms with E-state index in [2.05, 4.69) is 31.5 Å². The Morgan fingerprint density at radius 3 is 2.33 bits per heavy atom. The maximum atomic E-state index is 8.37. The zero-order chi connectivity index (χ0) is 7.33. The first-order valence-corrected chi connectivity index (χ1v) is 6.44. The molecule has 0 aliphatic heterocycles. The van der Waals surface area contributed by atoms with Crippen molar-refractivity contribution in [1.29, 1.82) is 0 Å². The maximum absolute atomic E-state index is 8.37. The first-order valence-electron chi connectivity index (χ1n) is 3.23. The van der Waals surface area contributed by atoms with Gasteiger partial charge in [0.2, 0.25) is 0 Å².